The minimum Gasteiger partial charge on any atom is -0.508 e. The van der Waals surface area contributed by atoms with E-state index in [1.807, 2.05) is 6.07 Å². The number of phenols is 1. The smallest absolute Gasteiger partial charge is 0.343 e. The van der Waals surface area contributed by atoms with Crippen LogP contribution >= 0.6 is 0 Å². The number of benzene rings is 3. The molecule has 0 saturated carbocycles. The van der Waals surface area contributed by atoms with Crippen LogP contribution in [0.2, 0.25) is 0 Å². The van der Waals surface area contributed by atoms with Crippen molar-refractivity contribution in [3.63, 3.8) is 0 Å². The van der Waals surface area contributed by atoms with Crippen molar-refractivity contribution < 1.29 is 63.9 Å². The van der Waals surface area contributed by atoms with Gasteiger partial charge in [-0.1, -0.05) is 18.2 Å². The summed E-state index contributed by atoms with van der Waals surface area (Å²) in [5, 5.41) is 65.0. The number of ether oxygens (including phenoxy) is 6. The van der Waals surface area contributed by atoms with Crippen LogP contribution in [0.1, 0.15) is 23.1 Å². The predicted molar refractivity (Wildman–Crippen MR) is 154 cm³/mol. The van der Waals surface area contributed by atoms with Gasteiger partial charge in [0, 0.05) is 17.2 Å². The number of fused-ring (bicyclic) bond motifs is 5. The SMILES string of the molecule is CN[C@H](O)[C@@]1(C(=O)O)O[C@@H](Oc2cc3c(c(-c4cccc(O)c4)c2)[C@@H]2Oc4c(ccc(OC)c4OC)[C@H]2CO3)[C@H](O)[C@@H](O)[C@@H]1O. The highest BCUT2D eigenvalue weighted by Gasteiger charge is 2.63. The molecule has 3 aromatic rings. The fraction of sp³-hybridized carbons (Fsp3) is 0.387. The second-order valence-electron chi connectivity index (χ2n) is 10.9. The summed E-state index contributed by atoms with van der Waals surface area (Å²) in [7, 11) is 4.27. The van der Waals surface area contributed by atoms with Crippen molar-refractivity contribution in [3.05, 3.63) is 59.7 Å². The molecular formula is C31H33NO13. The summed E-state index contributed by atoms with van der Waals surface area (Å²) >= 11 is 0. The van der Waals surface area contributed by atoms with Gasteiger partial charge in [-0.25, -0.2) is 4.79 Å². The van der Waals surface area contributed by atoms with Crippen LogP contribution in [0.25, 0.3) is 11.1 Å². The third-order valence-corrected chi connectivity index (χ3v) is 8.48. The number of likely N-dealkylation sites (N-methyl/N-ethyl adjacent to an activating group) is 1. The summed E-state index contributed by atoms with van der Waals surface area (Å²) < 4.78 is 35.2. The summed E-state index contributed by atoms with van der Waals surface area (Å²) in [5.74, 6) is -0.284. The van der Waals surface area contributed by atoms with E-state index in [0.717, 1.165) is 5.56 Å². The highest BCUT2D eigenvalue weighted by atomic mass is 16.7. The molecule has 6 rings (SSSR count). The van der Waals surface area contributed by atoms with Gasteiger partial charge in [-0.2, -0.15) is 0 Å². The minimum atomic E-state index is -2.80. The summed E-state index contributed by atoms with van der Waals surface area (Å²) in [6.07, 6.45) is -10.6. The maximum Gasteiger partial charge on any atom is 0.343 e. The Bertz CT molecular complexity index is 1610. The van der Waals surface area contributed by atoms with Crippen LogP contribution in [-0.4, -0.2) is 101 Å². The Kier molecular flexibility index (Phi) is 7.89. The average Bonchev–Trinajstić information content (AvgIpc) is 3.42. The molecule has 1 fully saturated rings. The molecule has 45 heavy (non-hydrogen) atoms. The predicted octanol–water partition coefficient (Wildman–Crippen LogP) is 0.865. The second kappa shape index (κ2) is 11.6. The Morgan fingerprint density at radius 1 is 1.07 bits per heavy atom. The van der Waals surface area contributed by atoms with Crippen LogP contribution in [0.15, 0.2) is 48.5 Å². The third-order valence-electron chi connectivity index (χ3n) is 8.48. The number of carboxylic acid groups (broad SMARTS) is 1. The fourth-order valence-electron chi connectivity index (χ4n) is 6.21. The number of aromatic hydroxyl groups is 1. The molecule has 0 amide bonds. The molecule has 14 nitrogen and oxygen atoms in total. The van der Waals surface area contributed by atoms with Gasteiger partial charge in [0.2, 0.25) is 17.6 Å². The van der Waals surface area contributed by atoms with Crippen molar-refractivity contribution in [1.29, 1.82) is 0 Å². The second-order valence-corrected chi connectivity index (χ2v) is 10.9. The van der Waals surface area contributed by atoms with Gasteiger partial charge in [0.05, 0.1) is 26.7 Å². The lowest BCUT2D eigenvalue weighted by Crippen LogP contribution is -2.74. The van der Waals surface area contributed by atoms with Crippen molar-refractivity contribution in [3.8, 4) is 45.6 Å². The Balaban J connectivity index is 1.44. The number of hydrogen-bond acceptors (Lipinski definition) is 13. The van der Waals surface area contributed by atoms with Crippen LogP contribution in [-0.2, 0) is 9.53 Å². The van der Waals surface area contributed by atoms with Crippen LogP contribution in [0.3, 0.4) is 0 Å². The first-order valence-corrected chi connectivity index (χ1v) is 14.0. The number of aliphatic carboxylic acids is 1. The van der Waals surface area contributed by atoms with E-state index in [1.54, 1.807) is 24.3 Å². The van der Waals surface area contributed by atoms with Gasteiger partial charge >= 0.3 is 5.97 Å². The van der Waals surface area contributed by atoms with E-state index in [2.05, 4.69) is 5.32 Å². The highest BCUT2D eigenvalue weighted by molar-refractivity contribution is 5.80. The lowest BCUT2D eigenvalue weighted by molar-refractivity contribution is -0.327. The van der Waals surface area contributed by atoms with E-state index in [0.29, 0.717) is 39.7 Å². The zero-order chi connectivity index (χ0) is 32.2. The monoisotopic (exact) mass is 627 g/mol. The minimum absolute atomic E-state index is 0.0154. The molecular weight excluding hydrogens is 594 g/mol. The summed E-state index contributed by atoms with van der Waals surface area (Å²) in [5.41, 5.74) is -0.265. The number of carboxylic acids is 1. The number of rotatable bonds is 8. The van der Waals surface area contributed by atoms with Crippen molar-refractivity contribution in [1.82, 2.24) is 5.32 Å². The summed E-state index contributed by atoms with van der Waals surface area (Å²) in [6.45, 7) is 0.201. The summed E-state index contributed by atoms with van der Waals surface area (Å²) in [4.78, 5) is 12.3. The fourth-order valence-corrected chi connectivity index (χ4v) is 6.21. The molecule has 8 atom stereocenters. The zero-order valence-electron chi connectivity index (χ0n) is 24.4. The number of carbonyl (C=O) groups is 1. The van der Waals surface area contributed by atoms with Crippen LogP contribution in [0, 0.1) is 0 Å². The van der Waals surface area contributed by atoms with Crippen LogP contribution in [0.4, 0.5) is 0 Å². The molecule has 0 aromatic heterocycles. The molecule has 0 bridgehead atoms. The van der Waals surface area contributed by atoms with Gasteiger partial charge in [0.15, 0.2) is 11.5 Å². The van der Waals surface area contributed by atoms with E-state index in [-0.39, 0.29) is 24.0 Å². The van der Waals surface area contributed by atoms with Crippen molar-refractivity contribution >= 4 is 5.97 Å². The standard InChI is InChI=1S/C31H33NO13/c1-32-29(37)31(30(38)39)27(36)22(34)23(35)28(45-31)43-15-10-17(13-5-4-6-14(33)9-13)21-20(11-15)42-12-18-16-7-8-19(40-2)26(41-3)25(16)44-24(18)21/h4-11,18,22-24,27-29,32-37H,12H2,1-3H3,(H,38,39)/t18-,22-,23-,24-,27+,28-,29-,31+/m1/s1. The number of aliphatic hydroxyl groups is 4. The Hall–Kier alpha value is -4.31. The molecule has 3 aliphatic rings. The zero-order valence-corrected chi connectivity index (χ0v) is 24.4. The van der Waals surface area contributed by atoms with Gasteiger partial charge in [-0.05, 0) is 42.4 Å². The first kappa shape index (κ1) is 30.7. The number of phenolic OH excluding ortho intramolecular Hbond substituents is 1. The Morgan fingerprint density at radius 2 is 1.84 bits per heavy atom. The highest BCUT2D eigenvalue weighted by Crippen LogP contribution is 2.58. The molecule has 3 aromatic carbocycles. The maximum absolute atomic E-state index is 12.3. The van der Waals surface area contributed by atoms with Gasteiger partial charge in [-0.15, -0.1) is 0 Å². The van der Waals surface area contributed by atoms with Gasteiger partial charge in [0.25, 0.3) is 0 Å². The van der Waals surface area contributed by atoms with Gasteiger partial charge in [-0.3, -0.25) is 5.32 Å². The van der Waals surface area contributed by atoms with E-state index >= 15 is 0 Å². The number of nitrogens with one attached hydrogen (secondary N) is 1. The van der Waals surface area contributed by atoms with Crippen LogP contribution < -0.4 is 29.0 Å². The Morgan fingerprint density at radius 3 is 2.51 bits per heavy atom. The van der Waals surface area contributed by atoms with Crippen molar-refractivity contribution in [2.75, 3.05) is 27.9 Å². The molecule has 0 aliphatic carbocycles. The average molecular weight is 628 g/mol. The normalized spacial score (nSPS) is 28.9. The van der Waals surface area contributed by atoms with Crippen molar-refractivity contribution in [2.24, 2.45) is 0 Å². The first-order chi connectivity index (χ1) is 21.5. The molecule has 0 spiro atoms. The molecule has 3 aliphatic heterocycles. The topological polar surface area (TPSA) is 206 Å². The number of aliphatic hydroxyl groups excluding tert-OH is 4. The summed E-state index contributed by atoms with van der Waals surface area (Å²) in [6, 6.07) is 13.2. The van der Waals surface area contributed by atoms with Crippen LogP contribution in [0.5, 0.6) is 34.5 Å². The molecule has 240 valence electrons. The molecule has 0 radical (unpaired) electrons. The lowest BCUT2D eigenvalue weighted by atomic mass is 9.84. The van der Waals surface area contributed by atoms with Gasteiger partial charge < -0.3 is 59.1 Å². The molecule has 3 heterocycles. The van der Waals surface area contributed by atoms with E-state index in [9.17, 15) is 35.4 Å². The molecule has 1 saturated heterocycles. The largest absolute Gasteiger partial charge is 0.508 e. The van der Waals surface area contributed by atoms with Gasteiger partial charge in [0.1, 0.15) is 47.9 Å². The lowest BCUT2D eigenvalue weighted by Gasteiger charge is -2.47. The number of methoxy groups -OCH3 is 2. The quantitative estimate of drug-likeness (QED) is 0.173. The molecule has 7 N–H and O–H groups in total. The van der Waals surface area contributed by atoms with Crippen molar-refractivity contribution in [2.45, 2.75) is 48.5 Å². The number of hydrogen-bond donors (Lipinski definition) is 7. The maximum atomic E-state index is 12.3. The first-order valence-electron chi connectivity index (χ1n) is 14.0. The molecule has 0 unspecified atom stereocenters. The van der Waals surface area contributed by atoms with E-state index < -0.39 is 48.5 Å². The molecule has 14 heteroatoms. The third kappa shape index (κ3) is 4.77. The van der Waals surface area contributed by atoms with E-state index in [1.165, 1.54) is 39.5 Å². The Labute approximate surface area is 256 Å². The van der Waals surface area contributed by atoms with E-state index in [4.69, 9.17) is 28.4 Å².